The zero-order chi connectivity index (χ0) is 22.9. The topological polar surface area (TPSA) is 31.0 Å². The van der Waals surface area contributed by atoms with Crippen LogP contribution < -0.4 is 0 Å². The fraction of sp³-hybridized carbons (Fsp3) is 0. The normalized spacial score (nSPS) is 12.0. The second kappa shape index (κ2) is 7.05. The number of imidazole rings is 1. The lowest BCUT2D eigenvalue weighted by molar-refractivity contribution is 0.666. The number of nitrogens with zero attached hydrogens (tertiary/aromatic N) is 2. The Balaban J connectivity index is 1.52. The van der Waals surface area contributed by atoms with E-state index in [0.29, 0.717) is 0 Å². The number of hydrogen-bond acceptors (Lipinski definition) is 3. The van der Waals surface area contributed by atoms with Crippen molar-refractivity contribution in [1.29, 1.82) is 0 Å². The highest BCUT2D eigenvalue weighted by molar-refractivity contribution is 7.26. The van der Waals surface area contributed by atoms with Crippen LogP contribution in [0.1, 0.15) is 0 Å². The number of benzene rings is 5. The largest absolute Gasteiger partial charge is 0.454 e. The first kappa shape index (κ1) is 19.0. The van der Waals surface area contributed by atoms with Crippen molar-refractivity contribution in [3.63, 3.8) is 0 Å². The second-order valence-corrected chi connectivity index (χ2v) is 9.84. The molecule has 164 valence electrons. The lowest BCUT2D eigenvalue weighted by atomic mass is 10.1. The summed E-state index contributed by atoms with van der Waals surface area (Å²) in [4.78, 5) is 5.17. The molecule has 3 heterocycles. The van der Waals surface area contributed by atoms with Crippen LogP contribution in [0, 0.1) is 0 Å². The molecule has 0 radical (unpaired) electrons. The highest BCUT2D eigenvalue weighted by Crippen LogP contribution is 2.42. The number of aromatic nitrogens is 2. The van der Waals surface area contributed by atoms with E-state index in [9.17, 15) is 0 Å². The van der Waals surface area contributed by atoms with Crippen molar-refractivity contribution in [3.05, 3.63) is 109 Å². The van der Waals surface area contributed by atoms with Gasteiger partial charge in [-0.25, -0.2) is 4.98 Å². The number of hydrogen-bond donors (Lipinski definition) is 0. The van der Waals surface area contributed by atoms with Gasteiger partial charge in [-0.3, -0.25) is 4.57 Å². The molecule has 8 aromatic rings. The third kappa shape index (κ3) is 2.63. The summed E-state index contributed by atoms with van der Waals surface area (Å²) in [5.74, 6) is 0.927. The molecule has 8 rings (SSSR count). The summed E-state index contributed by atoms with van der Waals surface area (Å²) in [5, 5.41) is 4.80. The Kier molecular flexibility index (Phi) is 3.82. The molecular weight excluding hydrogens is 448 g/mol. The van der Waals surface area contributed by atoms with E-state index in [0.717, 1.165) is 50.0 Å². The molecule has 4 heteroatoms. The molecule has 0 aliphatic carbocycles. The summed E-state index contributed by atoms with van der Waals surface area (Å²) < 4.78 is 11.2. The van der Waals surface area contributed by atoms with E-state index in [1.165, 1.54) is 20.2 Å². The minimum absolute atomic E-state index is 0.876. The average Bonchev–Trinajstić information content (AvgIpc) is 3.59. The van der Waals surface area contributed by atoms with Crippen molar-refractivity contribution in [2.75, 3.05) is 0 Å². The maximum atomic E-state index is 6.44. The molecule has 0 atom stereocenters. The quantitative estimate of drug-likeness (QED) is 0.255. The Labute approximate surface area is 204 Å². The minimum Gasteiger partial charge on any atom is -0.454 e. The van der Waals surface area contributed by atoms with Gasteiger partial charge in [0.25, 0.3) is 0 Å². The third-order valence-corrected chi connectivity index (χ3v) is 8.05. The fourth-order valence-corrected chi connectivity index (χ4v) is 6.49. The van der Waals surface area contributed by atoms with Crippen LogP contribution in [0.25, 0.3) is 70.2 Å². The van der Waals surface area contributed by atoms with Crippen LogP contribution in [0.2, 0.25) is 0 Å². The Bertz CT molecular complexity index is 2080. The molecule has 0 bridgehead atoms. The Morgan fingerprint density at radius 3 is 2.34 bits per heavy atom. The molecule has 35 heavy (non-hydrogen) atoms. The summed E-state index contributed by atoms with van der Waals surface area (Å²) in [6.45, 7) is 0. The summed E-state index contributed by atoms with van der Waals surface area (Å²) in [6.07, 6.45) is 0. The van der Waals surface area contributed by atoms with Crippen molar-refractivity contribution in [3.8, 4) is 17.1 Å². The lowest BCUT2D eigenvalue weighted by Gasteiger charge is -2.11. The van der Waals surface area contributed by atoms with Crippen LogP contribution in [-0.2, 0) is 0 Å². The molecule has 0 N–H and O–H groups in total. The van der Waals surface area contributed by atoms with Crippen LogP contribution in [0.5, 0.6) is 0 Å². The number of para-hydroxylation sites is 4. The van der Waals surface area contributed by atoms with Gasteiger partial charge in [-0.15, -0.1) is 11.3 Å². The highest BCUT2D eigenvalue weighted by Gasteiger charge is 2.21. The van der Waals surface area contributed by atoms with Gasteiger partial charge in [-0.2, -0.15) is 0 Å². The van der Waals surface area contributed by atoms with Gasteiger partial charge in [0.15, 0.2) is 5.58 Å². The summed E-state index contributed by atoms with van der Waals surface area (Å²) in [7, 11) is 0. The van der Waals surface area contributed by atoms with Crippen molar-refractivity contribution < 1.29 is 4.42 Å². The molecule has 0 saturated carbocycles. The standard InChI is InChI=1S/C31H18N2OS/c1-5-17-27-19(9-1)21-11-8-16-26(29(21)34-27)33-25-15-4-3-14-24(25)32-31(33)23-13-7-12-22-20-10-2-6-18-28(20)35-30(22)23/h1-18H. The van der Waals surface area contributed by atoms with E-state index < -0.39 is 0 Å². The van der Waals surface area contributed by atoms with Crippen molar-refractivity contribution in [1.82, 2.24) is 9.55 Å². The second-order valence-electron chi connectivity index (χ2n) is 8.79. The Morgan fingerprint density at radius 2 is 1.37 bits per heavy atom. The van der Waals surface area contributed by atoms with Gasteiger partial charge in [-0.1, -0.05) is 72.8 Å². The summed E-state index contributed by atoms with van der Waals surface area (Å²) in [5.41, 5.74) is 5.94. The number of rotatable bonds is 2. The van der Waals surface area contributed by atoms with E-state index in [1.54, 1.807) is 0 Å². The minimum atomic E-state index is 0.876. The predicted octanol–water partition coefficient (Wildman–Crippen LogP) is 8.96. The molecule has 3 aromatic heterocycles. The fourth-order valence-electron chi connectivity index (χ4n) is 5.28. The van der Waals surface area contributed by atoms with Crippen LogP contribution in [0.4, 0.5) is 0 Å². The van der Waals surface area contributed by atoms with Gasteiger partial charge in [0.2, 0.25) is 0 Å². The summed E-state index contributed by atoms with van der Waals surface area (Å²) >= 11 is 1.83. The average molecular weight is 467 g/mol. The molecule has 0 aliphatic rings. The summed E-state index contributed by atoms with van der Waals surface area (Å²) in [6, 6.07) is 38.1. The van der Waals surface area contributed by atoms with E-state index in [-0.39, 0.29) is 0 Å². The first-order valence-electron chi connectivity index (χ1n) is 11.7. The number of fused-ring (bicyclic) bond motifs is 7. The zero-order valence-electron chi connectivity index (χ0n) is 18.6. The van der Waals surface area contributed by atoms with Gasteiger partial charge in [0.1, 0.15) is 11.4 Å². The Morgan fingerprint density at radius 1 is 0.629 bits per heavy atom. The molecule has 0 fully saturated rings. The molecule has 3 nitrogen and oxygen atoms in total. The smallest absolute Gasteiger partial charge is 0.159 e. The molecule has 0 unspecified atom stereocenters. The monoisotopic (exact) mass is 466 g/mol. The molecule has 0 spiro atoms. The SMILES string of the molecule is c1ccc2c(c1)nc(-c1cccc3c1sc1ccccc13)n2-c1cccc2c1oc1ccccc12. The molecule has 0 amide bonds. The maximum Gasteiger partial charge on any atom is 0.159 e. The number of furan rings is 1. The van der Waals surface area contributed by atoms with Crippen molar-refractivity contribution >= 4 is 64.5 Å². The lowest BCUT2D eigenvalue weighted by Crippen LogP contribution is -1.98. The van der Waals surface area contributed by atoms with Gasteiger partial charge < -0.3 is 4.42 Å². The van der Waals surface area contributed by atoms with Crippen molar-refractivity contribution in [2.45, 2.75) is 0 Å². The van der Waals surface area contributed by atoms with E-state index in [1.807, 2.05) is 29.5 Å². The van der Waals surface area contributed by atoms with E-state index >= 15 is 0 Å². The molecule has 0 aliphatic heterocycles. The third-order valence-electron chi connectivity index (χ3n) is 6.83. The highest BCUT2D eigenvalue weighted by atomic mass is 32.1. The van der Waals surface area contributed by atoms with Gasteiger partial charge >= 0.3 is 0 Å². The van der Waals surface area contributed by atoms with E-state index in [2.05, 4.69) is 95.6 Å². The van der Waals surface area contributed by atoms with E-state index in [4.69, 9.17) is 9.40 Å². The molecule has 0 saturated heterocycles. The van der Waals surface area contributed by atoms with Gasteiger partial charge in [0.05, 0.1) is 16.7 Å². The van der Waals surface area contributed by atoms with Crippen LogP contribution >= 0.6 is 11.3 Å². The Hall–Kier alpha value is -4.41. The molecule has 5 aromatic carbocycles. The predicted molar refractivity (Wildman–Crippen MR) is 147 cm³/mol. The van der Waals surface area contributed by atoms with Crippen LogP contribution in [0.15, 0.2) is 114 Å². The zero-order valence-corrected chi connectivity index (χ0v) is 19.4. The van der Waals surface area contributed by atoms with Crippen molar-refractivity contribution in [2.24, 2.45) is 0 Å². The van der Waals surface area contributed by atoms with Gasteiger partial charge in [-0.05, 0) is 36.4 Å². The maximum absolute atomic E-state index is 6.44. The van der Waals surface area contributed by atoms with Crippen LogP contribution in [-0.4, -0.2) is 9.55 Å². The first-order valence-corrected chi connectivity index (χ1v) is 12.5. The first-order chi connectivity index (χ1) is 17.4. The molecular formula is C31H18N2OS. The van der Waals surface area contributed by atoms with Crippen LogP contribution in [0.3, 0.4) is 0 Å². The number of thiophene rings is 1. The van der Waals surface area contributed by atoms with Gasteiger partial charge in [0, 0.05) is 36.5 Å².